The zero-order valence-electron chi connectivity index (χ0n) is 14.2. The Balaban J connectivity index is 1.52. The minimum Gasteiger partial charge on any atom is -0.369 e. The predicted octanol–water partition coefficient (Wildman–Crippen LogP) is 5.91. The molecular weight excluding hydrogens is 608 g/mol. The first kappa shape index (κ1) is 20.5. The van der Waals surface area contributed by atoms with Crippen molar-refractivity contribution in [3.05, 3.63) is 71.8 Å². The molecule has 4 unspecified atom stereocenters. The molecule has 0 aliphatic carbocycles. The van der Waals surface area contributed by atoms with Gasteiger partial charge in [-0.3, -0.25) is 0 Å². The molecule has 0 amide bonds. The zero-order valence-corrected chi connectivity index (χ0v) is 20.6. The fraction of sp³-hybridized carbons (Fsp3) is 0.400. The Hall–Kier alpha value is 0.240. The van der Waals surface area contributed by atoms with Gasteiger partial charge >= 0.3 is 0 Å². The van der Waals surface area contributed by atoms with Crippen LogP contribution in [-0.2, 0) is 27.1 Å². The van der Waals surface area contributed by atoms with Gasteiger partial charge in [-0.25, -0.2) is 0 Å². The van der Waals surface area contributed by atoms with Gasteiger partial charge in [0, 0.05) is 12.8 Å². The highest BCUT2D eigenvalue weighted by Gasteiger charge is 2.61. The van der Waals surface area contributed by atoms with E-state index in [9.17, 15) is 0 Å². The van der Waals surface area contributed by atoms with Gasteiger partial charge in [-0.05, 0) is 74.8 Å². The van der Waals surface area contributed by atoms with Gasteiger partial charge in [0.25, 0.3) is 0 Å². The van der Waals surface area contributed by atoms with Crippen LogP contribution in [0.25, 0.3) is 0 Å². The van der Waals surface area contributed by atoms with Crippen molar-refractivity contribution >= 4 is 63.7 Å². The van der Waals surface area contributed by atoms with E-state index in [1.54, 1.807) is 0 Å². The van der Waals surface area contributed by atoms with Crippen LogP contribution in [-0.4, -0.2) is 31.3 Å². The maximum absolute atomic E-state index is 6.61. The third-order valence-corrected chi connectivity index (χ3v) is 7.25. The summed E-state index contributed by atoms with van der Waals surface area (Å²) in [5, 5.41) is 0. The van der Waals surface area contributed by atoms with Gasteiger partial charge in [0.15, 0.2) is 0 Å². The molecule has 2 saturated heterocycles. The Morgan fingerprint density at radius 3 is 1.33 bits per heavy atom. The molecule has 144 valence electrons. The number of benzene rings is 2. The number of epoxide rings is 2. The van der Waals surface area contributed by atoms with Crippen molar-refractivity contribution in [1.82, 2.24) is 0 Å². The SMILES string of the molecule is BrC1(Br)OC1C(Cc1ccccc1)OC(Cc1ccccc1)C1OC1(Br)Br. The maximum atomic E-state index is 6.61. The fourth-order valence-electron chi connectivity index (χ4n) is 3.23. The largest absolute Gasteiger partial charge is 0.369 e. The summed E-state index contributed by atoms with van der Waals surface area (Å²) in [7, 11) is 0. The minimum absolute atomic E-state index is 0.0743. The Morgan fingerprint density at radius 1 is 0.704 bits per heavy atom. The normalized spacial score (nSPS) is 27.0. The Labute approximate surface area is 192 Å². The van der Waals surface area contributed by atoms with Crippen molar-refractivity contribution < 1.29 is 14.2 Å². The molecule has 0 bridgehead atoms. The summed E-state index contributed by atoms with van der Waals surface area (Å²) in [6.07, 6.45) is 1.16. The predicted molar refractivity (Wildman–Crippen MR) is 120 cm³/mol. The number of ether oxygens (including phenoxy) is 3. The molecule has 4 atom stereocenters. The Bertz CT molecular complexity index is 704. The summed E-state index contributed by atoms with van der Waals surface area (Å²) in [5.74, 6) is 0. The van der Waals surface area contributed by atoms with Crippen molar-refractivity contribution in [2.45, 2.75) is 44.1 Å². The van der Waals surface area contributed by atoms with Crippen LogP contribution < -0.4 is 0 Å². The van der Waals surface area contributed by atoms with E-state index in [-0.39, 0.29) is 24.4 Å². The van der Waals surface area contributed by atoms with Crippen molar-refractivity contribution in [1.29, 1.82) is 0 Å². The molecule has 2 aliphatic heterocycles. The summed E-state index contributed by atoms with van der Waals surface area (Å²) in [4.78, 5) is 0. The van der Waals surface area contributed by atoms with Gasteiger partial charge in [-0.2, -0.15) is 0 Å². The van der Waals surface area contributed by atoms with Gasteiger partial charge in [-0.15, -0.1) is 0 Å². The number of rotatable bonds is 8. The van der Waals surface area contributed by atoms with Gasteiger partial charge < -0.3 is 14.2 Å². The molecule has 0 N–H and O–H groups in total. The van der Waals surface area contributed by atoms with Crippen LogP contribution in [0.3, 0.4) is 0 Å². The van der Waals surface area contributed by atoms with Crippen LogP contribution in [0.5, 0.6) is 0 Å². The third-order valence-electron chi connectivity index (χ3n) is 4.70. The number of alkyl halides is 4. The van der Waals surface area contributed by atoms with E-state index < -0.39 is 6.84 Å². The van der Waals surface area contributed by atoms with Gasteiger partial charge in [-0.1, -0.05) is 60.7 Å². The van der Waals surface area contributed by atoms with E-state index >= 15 is 0 Å². The highest BCUT2D eigenvalue weighted by Crippen LogP contribution is 2.54. The molecule has 0 spiro atoms. The van der Waals surface area contributed by atoms with Gasteiger partial charge in [0.2, 0.25) is 6.84 Å². The lowest BCUT2D eigenvalue weighted by molar-refractivity contribution is -0.0370. The maximum Gasteiger partial charge on any atom is 0.207 e. The molecule has 0 radical (unpaired) electrons. The first-order chi connectivity index (χ1) is 12.9. The molecular formula is C20H18Br4O3. The third kappa shape index (κ3) is 5.24. The molecule has 0 saturated carbocycles. The standard InChI is InChI=1S/C20H18Br4O3/c21-19(22)17(26-19)15(11-13-7-3-1-4-8-13)25-16(18-20(23,24)27-18)12-14-9-5-2-6-10-14/h1-10,15-18H,11-12H2. The van der Waals surface area contributed by atoms with E-state index in [1.165, 1.54) is 11.1 Å². The number of hydrogen-bond donors (Lipinski definition) is 0. The van der Waals surface area contributed by atoms with Gasteiger partial charge in [0.05, 0.1) is 12.2 Å². The number of halogens is 4. The van der Waals surface area contributed by atoms with E-state index in [4.69, 9.17) is 14.2 Å². The van der Waals surface area contributed by atoms with Crippen LogP contribution >= 0.6 is 63.7 Å². The van der Waals surface area contributed by atoms with Crippen molar-refractivity contribution in [2.75, 3.05) is 0 Å². The minimum atomic E-state index is -0.513. The summed E-state index contributed by atoms with van der Waals surface area (Å²) in [5.41, 5.74) is 2.43. The Morgan fingerprint density at radius 2 is 1.04 bits per heavy atom. The van der Waals surface area contributed by atoms with E-state index in [0.29, 0.717) is 0 Å². The smallest absolute Gasteiger partial charge is 0.207 e. The van der Waals surface area contributed by atoms with Gasteiger partial charge in [0.1, 0.15) is 12.2 Å². The quantitative estimate of drug-likeness (QED) is 0.270. The second kappa shape index (κ2) is 8.17. The molecule has 2 aliphatic rings. The van der Waals surface area contributed by atoms with E-state index in [2.05, 4.69) is 88.0 Å². The van der Waals surface area contributed by atoms with Crippen LogP contribution in [0.2, 0.25) is 0 Å². The lowest BCUT2D eigenvalue weighted by Crippen LogP contribution is -2.35. The molecule has 2 fully saturated rings. The van der Waals surface area contributed by atoms with Crippen molar-refractivity contribution in [2.24, 2.45) is 0 Å². The Kier molecular flexibility index (Phi) is 6.20. The fourth-order valence-corrected chi connectivity index (χ4v) is 5.21. The summed E-state index contributed by atoms with van der Waals surface area (Å²) < 4.78 is 17.2. The van der Waals surface area contributed by atoms with E-state index in [0.717, 1.165) is 12.8 Å². The first-order valence-electron chi connectivity index (χ1n) is 8.70. The molecule has 3 nitrogen and oxygen atoms in total. The lowest BCUT2D eigenvalue weighted by Gasteiger charge is -2.24. The molecule has 4 rings (SSSR count). The average Bonchev–Trinajstić information content (AvgIpc) is 3.49. The molecule has 27 heavy (non-hydrogen) atoms. The molecule has 2 aromatic carbocycles. The summed E-state index contributed by atoms with van der Waals surface area (Å²) >= 11 is 14.3. The number of hydrogen-bond acceptors (Lipinski definition) is 3. The van der Waals surface area contributed by atoms with Crippen molar-refractivity contribution in [3.8, 4) is 0 Å². The second-order valence-electron chi connectivity index (χ2n) is 6.79. The second-order valence-corrected chi connectivity index (χ2v) is 13.6. The topological polar surface area (TPSA) is 34.3 Å². The molecule has 2 aromatic rings. The monoisotopic (exact) mass is 622 g/mol. The highest BCUT2D eigenvalue weighted by atomic mass is 79.9. The molecule has 0 aromatic heterocycles. The molecule has 7 heteroatoms. The van der Waals surface area contributed by atoms with Crippen molar-refractivity contribution in [3.63, 3.8) is 0 Å². The van der Waals surface area contributed by atoms with Crippen LogP contribution in [0, 0.1) is 0 Å². The zero-order chi connectivity index (χ0) is 19.1. The average molecular weight is 626 g/mol. The van der Waals surface area contributed by atoms with Crippen LogP contribution in [0.15, 0.2) is 60.7 Å². The first-order valence-corrected chi connectivity index (χ1v) is 11.9. The molecule has 2 heterocycles. The summed E-state index contributed by atoms with van der Waals surface area (Å²) in [6, 6.07) is 20.7. The summed E-state index contributed by atoms with van der Waals surface area (Å²) in [6.45, 7) is 0. The lowest BCUT2D eigenvalue weighted by atomic mass is 10.0. The van der Waals surface area contributed by atoms with Crippen LogP contribution in [0.1, 0.15) is 11.1 Å². The highest BCUT2D eigenvalue weighted by molar-refractivity contribution is 9.25. The van der Waals surface area contributed by atoms with Crippen LogP contribution in [0.4, 0.5) is 0 Å². The van der Waals surface area contributed by atoms with E-state index in [1.807, 2.05) is 36.4 Å².